The summed E-state index contributed by atoms with van der Waals surface area (Å²) < 4.78 is 17.7. The predicted molar refractivity (Wildman–Crippen MR) is 193 cm³/mol. The van der Waals surface area contributed by atoms with E-state index in [1.54, 1.807) is 20.8 Å². The zero-order valence-corrected chi connectivity index (χ0v) is 30.1. The van der Waals surface area contributed by atoms with Crippen molar-refractivity contribution in [3.8, 4) is 22.9 Å². The molecule has 3 aromatic rings. The van der Waals surface area contributed by atoms with Crippen LogP contribution in [0.5, 0.6) is 11.6 Å². The van der Waals surface area contributed by atoms with Crippen LogP contribution in [0.25, 0.3) is 22.3 Å². The lowest BCUT2D eigenvalue weighted by Gasteiger charge is -2.30. The van der Waals surface area contributed by atoms with Gasteiger partial charge in [-0.15, -0.1) is 0 Å². The predicted octanol–water partition coefficient (Wildman–Crippen LogP) is 5.42. The van der Waals surface area contributed by atoms with Crippen LogP contribution >= 0.6 is 0 Å². The number of nitrogens with zero attached hydrogens (tertiary/aromatic N) is 3. The Labute approximate surface area is 303 Å². The third-order valence-corrected chi connectivity index (χ3v) is 9.57. The molecule has 3 heterocycles. The number of aromatic nitrogens is 2. The molecule has 0 radical (unpaired) electrons. The zero-order chi connectivity index (χ0) is 37.0. The third kappa shape index (κ3) is 8.29. The second kappa shape index (κ2) is 15.2. The lowest BCUT2D eigenvalue weighted by atomic mass is 10.0. The van der Waals surface area contributed by atoms with Crippen LogP contribution < -0.4 is 20.1 Å². The van der Waals surface area contributed by atoms with Crippen molar-refractivity contribution >= 4 is 34.9 Å². The van der Waals surface area contributed by atoms with E-state index in [4.69, 9.17) is 24.2 Å². The molecule has 2 fully saturated rings. The average molecular weight is 714 g/mol. The van der Waals surface area contributed by atoms with Crippen LogP contribution in [0.15, 0.2) is 60.7 Å². The molecule has 13 nitrogen and oxygen atoms in total. The number of hydrogen-bond donors (Lipinski definition) is 3. The Hall–Kier alpha value is -5.20. The molecule has 0 spiro atoms. The first-order valence-electron chi connectivity index (χ1n) is 18.1. The van der Waals surface area contributed by atoms with Crippen molar-refractivity contribution in [2.45, 2.75) is 102 Å². The molecule has 3 aliphatic rings. The number of allylic oxidation sites excluding steroid dienone is 1. The summed E-state index contributed by atoms with van der Waals surface area (Å²) in [5.74, 6) is -1.63. The molecule has 2 aromatic carbocycles. The van der Waals surface area contributed by atoms with Crippen LogP contribution in [-0.2, 0) is 19.1 Å². The highest BCUT2D eigenvalue weighted by Gasteiger charge is 2.61. The van der Waals surface area contributed by atoms with Crippen molar-refractivity contribution in [1.82, 2.24) is 25.5 Å². The molecule has 52 heavy (non-hydrogen) atoms. The Morgan fingerprint density at radius 1 is 1.04 bits per heavy atom. The van der Waals surface area contributed by atoms with Crippen LogP contribution in [0.1, 0.15) is 72.6 Å². The van der Waals surface area contributed by atoms with Crippen molar-refractivity contribution < 1.29 is 38.5 Å². The van der Waals surface area contributed by atoms with E-state index in [0.29, 0.717) is 41.9 Å². The highest BCUT2D eigenvalue weighted by Crippen LogP contribution is 2.45. The summed E-state index contributed by atoms with van der Waals surface area (Å²) in [6.45, 7) is 7.64. The minimum Gasteiger partial charge on any atom is -0.494 e. The van der Waals surface area contributed by atoms with Gasteiger partial charge in [0, 0.05) is 17.9 Å². The van der Waals surface area contributed by atoms with E-state index >= 15 is 0 Å². The number of fused-ring (bicyclic) bond motifs is 3. The molecule has 3 N–H and O–H groups in total. The fourth-order valence-corrected chi connectivity index (χ4v) is 6.88. The second-order valence-electron chi connectivity index (χ2n) is 14.6. The molecule has 3 unspecified atom stereocenters. The SMILES string of the molecule is CCOc1ccc(-c2nc3ccccc3nc2O[C@@H]2CC3C(=O)NC4(C(=O)O)CC4/C=C\CCCCC[C@@H](NC(=O)OC(C)(C)C)C(=O)N3C2)cc1. The van der Waals surface area contributed by atoms with Gasteiger partial charge in [-0.05, 0) is 89.8 Å². The number of carboxylic acid groups (broad SMARTS) is 1. The van der Waals surface area contributed by atoms with E-state index in [-0.39, 0.29) is 31.2 Å². The van der Waals surface area contributed by atoms with Gasteiger partial charge in [-0.1, -0.05) is 37.1 Å². The molecule has 1 aliphatic carbocycles. The van der Waals surface area contributed by atoms with E-state index in [1.165, 1.54) is 4.90 Å². The van der Waals surface area contributed by atoms with Crippen molar-refractivity contribution in [3.63, 3.8) is 0 Å². The van der Waals surface area contributed by atoms with Crippen molar-refractivity contribution in [2.24, 2.45) is 5.92 Å². The zero-order valence-electron chi connectivity index (χ0n) is 30.1. The minimum atomic E-state index is -1.46. The normalized spacial score (nSPS) is 25.8. The van der Waals surface area contributed by atoms with Gasteiger partial charge in [0.2, 0.25) is 17.7 Å². The number of carbonyl (C=O) groups excluding carboxylic acids is 3. The number of carbonyl (C=O) groups is 4. The lowest BCUT2D eigenvalue weighted by molar-refractivity contribution is -0.145. The molecule has 13 heteroatoms. The summed E-state index contributed by atoms with van der Waals surface area (Å²) in [6, 6.07) is 12.8. The molecule has 3 amide bonds. The highest BCUT2D eigenvalue weighted by molar-refractivity contribution is 5.96. The van der Waals surface area contributed by atoms with Crippen LogP contribution in [0.2, 0.25) is 0 Å². The number of amides is 3. The smallest absolute Gasteiger partial charge is 0.408 e. The molecule has 1 aromatic heterocycles. The topological polar surface area (TPSA) is 169 Å². The maximum Gasteiger partial charge on any atom is 0.408 e. The lowest BCUT2D eigenvalue weighted by Crippen LogP contribution is -2.56. The van der Waals surface area contributed by atoms with Gasteiger partial charge in [0.25, 0.3) is 0 Å². The summed E-state index contributed by atoms with van der Waals surface area (Å²) >= 11 is 0. The van der Waals surface area contributed by atoms with E-state index in [9.17, 15) is 24.3 Å². The first-order chi connectivity index (χ1) is 24.9. The Bertz CT molecular complexity index is 1840. The number of ether oxygens (including phenoxy) is 3. The quantitative estimate of drug-likeness (QED) is 0.269. The fraction of sp³-hybridized carbons (Fsp3) is 0.487. The van der Waals surface area contributed by atoms with Gasteiger partial charge >= 0.3 is 12.1 Å². The van der Waals surface area contributed by atoms with Crippen LogP contribution in [0.3, 0.4) is 0 Å². The van der Waals surface area contributed by atoms with Crippen LogP contribution in [-0.4, -0.2) is 86.3 Å². The van der Waals surface area contributed by atoms with Gasteiger partial charge in [0.1, 0.15) is 40.8 Å². The standard InChI is InChI=1S/C39H47N5O8/c1-5-50-26-19-17-24(18-20-26)32-34(41-29-15-12-11-14-28(29)40-32)51-27-21-31-33(45)43-39(36(47)48)22-25(39)13-9-7-6-8-10-16-30(35(46)44(31)23-27)42-37(49)52-38(2,3)4/h9,11-15,17-20,25,27,30-31H,5-8,10,16,21-23H2,1-4H3,(H,42,49)(H,43,45)(H,47,48)/b13-9-/t25?,27-,30-,31?,39?/m1/s1. The Morgan fingerprint density at radius 3 is 2.46 bits per heavy atom. The molecule has 5 atom stereocenters. The number of alkyl carbamates (subject to hydrolysis) is 1. The van der Waals surface area contributed by atoms with Gasteiger partial charge in [-0.25, -0.2) is 19.6 Å². The summed E-state index contributed by atoms with van der Waals surface area (Å²) in [4.78, 5) is 65.1. The fourth-order valence-electron chi connectivity index (χ4n) is 6.88. The summed E-state index contributed by atoms with van der Waals surface area (Å²) in [5.41, 5.74) is 0.227. The van der Waals surface area contributed by atoms with Gasteiger partial charge in [-0.2, -0.15) is 0 Å². The van der Waals surface area contributed by atoms with Gasteiger partial charge in [0.15, 0.2) is 0 Å². The number of carboxylic acids is 1. The number of rotatable bonds is 7. The Balaban J connectivity index is 1.33. The number of nitrogens with one attached hydrogen (secondary N) is 2. The van der Waals surface area contributed by atoms with Gasteiger partial charge in [0.05, 0.1) is 24.2 Å². The summed E-state index contributed by atoms with van der Waals surface area (Å²) in [6.07, 6.45) is 6.02. The monoisotopic (exact) mass is 713 g/mol. The van der Waals surface area contributed by atoms with E-state index in [0.717, 1.165) is 24.8 Å². The molecular weight excluding hydrogens is 666 g/mol. The second-order valence-corrected chi connectivity index (χ2v) is 14.6. The van der Waals surface area contributed by atoms with Crippen LogP contribution in [0.4, 0.5) is 4.79 Å². The number of para-hydroxylation sites is 2. The molecule has 1 saturated carbocycles. The Kier molecular flexibility index (Phi) is 10.7. The first kappa shape index (κ1) is 36.6. The molecular formula is C39H47N5O8. The van der Waals surface area contributed by atoms with Crippen molar-refractivity contribution in [3.05, 3.63) is 60.7 Å². The van der Waals surface area contributed by atoms with E-state index in [2.05, 4.69) is 10.6 Å². The molecule has 0 bridgehead atoms. The first-order valence-corrected chi connectivity index (χ1v) is 18.1. The number of aliphatic carboxylic acids is 1. The number of benzene rings is 2. The molecule has 1 saturated heterocycles. The number of hydrogen-bond acceptors (Lipinski definition) is 9. The van der Waals surface area contributed by atoms with Crippen LogP contribution in [0, 0.1) is 5.92 Å². The molecule has 2 aliphatic heterocycles. The highest BCUT2D eigenvalue weighted by atomic mass is 16.6. The van der Waals surface area contributed by atoms with E-state index in [1.807, 2.05) is 67.6 Å². The van der Waals surface area contributed by atoms with Crippen molar-refractivity contribution in [1.29, 1.82) is 0 Å². The maximum absolute atomic E-state index is 14.4. The minimum absolute atomic E-state index is 0.00988. The summed E-state index contributed by atoms with van der Waals surface area (Å²) in [5, 5.41) is 15.8. The van der Waals surface area contributed by atoms with Gasteiger partial charge in [-0.3, -0.25) is 9.59 Å². The third-order valence-electron chi connectivity index (χ3n) is 9.57. The summed E-state index contributed by atoms with van der Waals surface area (Å²) in [7, 11) is 0. The molecule has 276 valence electrons. The Morgan fingerprint density at radius 2 is 1.77 bits per heavy atom. The maximum atomic E-state index is 14.4. The van der Waals surface area contributed by atoms with Crippen molar-refractivity contribution in [2.75, 3.05) is 13.2 Å². The van der Waals surface area contributed by atoms with E-state index < -0.39 is 53.2 Å². The average Bonchev–Trinajstić information content (AvgIpc) is 3.63. The largest absolute Gasteiger partial charge is 0.494 e. The van der Waals surface area contributed by atoms with Gasteiger partial charge < -0.3 is 34.9 Å². The molecule has 6 rings (SSSR count).